The molecule has 0 aromatic heterocycles. The molecule has 140 valence electrons. The van der Waals surface area contributed by atoms with Gasteiger partial charge in [0.1, 0.15) is 0 Å². The number of amides is 1. The van der Waals surface area contributed by atoms with Gasteiger partial charge in [-0.15, -0.1) is 0 Å². The van der Waals surface area contributed by atoms with E-state index in [9.17, 15) is 9.59 Å². The van der Waals surface area contributed by atoms with Gasteiger partial charge in [0.2, 0.25) is 5.91 Å². The van der Waals surface area contributed by atoms with Crippen molar-refractivity contribution in [2.24, 2.45) is 0 Å². The number of nitriles is 1. The molecule has 0 heterocycles. The minimum Gasteiger partial charge on any atom is -0.315 e. The molecular weight excluding hydrogens is 362 g/mol. The lowest BCUT2D eigenvalue weighted by atomic mass is 10.0. The average molecular weight is 384 g/mol. The molecule has 0 unspecified atom stereocenters. The van der Waals surface area contributed by atoms with Crippen molar-refractivity contribution >= 4 is 29.0 Å². The van der Waals surface area contributed by atoms with Crippen molar-refractivity contribution in [2.45, 2.75) is 12.8 Å². The number of halogens is 1. The van der Waals surface area contributed by atoms with Crippen molar-refractivity contribution in [1.82, 2.24) is 4.90 Å². The number of hydrogen-bond donors (Lipinski definition) is 0. The Morgan fingerprint density at radius 1 is 1.07 bits per heavy atom. The summed E-state index contributed by atoms with van der Waals surface area (Å²) in [7, 11) is 3.53. The molecular formula is C21H22ClN3O2. The lowest BCUT2D eigenvalue weighted by Gasteiger charge is -2.22. The molecule has 27 heavy (non-hydrogen) atoms. The third-order valence-electron chi connectivity index (χ3n) is 4.29. The van der Waals surface area contributed by atoms with Crippen LogP contribution in [0.2, 0.25) is 5.02 Å². The van der Waals surface area contributed by atoms with Crippen molar-refractivity contribution in [2.75, 3.05) is 32.1 Å². The molecule has 2 aromatic rings. The van der Waals surface area contributed by atoms with E-state index in [1.165, 1.54) is 4.90 Å². The van der Waals surface area contributed by atoms with Gasteiger partial charge in [-0.2, -0.15) is 5.26 Å². The van der Waals surface area contributed by atoms with Crippen LogP contribution >= 0.6 is 11.6 Å². The van der Waals surface area contributed by atoms with Crippen LogP contribution in [-0.2, 0) is 4.79 Å². The summed E-state index contributed by atoms with van der Waals surface area (Å²) in [6.07, 6.45) is 0.716. The van der Waals surface area contributed by atoms with Crippen molar-refractivity contribution in [3.63, 3.8) is 0 Å². The minimum atomic E-state index is -0.182. The van der Waals surface area contributed by atoms with Gasteiger partial charge in [0, 0.05) is 49.1 Å². The monoisotopic (exact) mass is 383 g/mol. The molecule has 0 fully saturated rings. The first-order valence-electron chi connectivity index (χ1n) is 8.65. The molecule has 2 aromatic carbocycles. The lowest BCUT2D eigenvalue weighted by Crippen LogP contribution is -2.32. The highest BCUT2D eigenvalue weighted by molar-refractivity contribution is 6.31. The molecule has 0 atom stereocenters. The van der Waals surface area contributed by atoms with Crippen LogP contribution in [0.4, 0.5) is 5.69 Å². The van der Waals surface area contributed by atoms with Crippen LogP contribution < -0.4 is 4.90 Å². The maximum atomic E-state index is 12.9. The van der Waals surface area contributed by atoms with E-state index in [1.54, 1.807) is 49.5 Å². The first kappa shape index (κ1) is 20.6. The summed E-state index contributed by atoms with van der Waals surface area (Å²) in [6.45, 7) is 1.16. The number of benzene rings is 2. The quantitative estimate of drug-likeness (QED) is 0.651. The zero-order valence-electron chi connectivity index (χ0n) is 15.5. The third-order valence-corrected chi connectivity index (χ3v) is 4.52. The van der Waals surface area contributed by atoms with E-state index in [0.717, 1.165) is 0 Å². The normalized spacial score (nSPS) is 10.5. The van der Waals surface area contributed by atoms with Gasteiger partial charge in [0.05, 0.1) is 11.8 Å². The smallest absolute Gasteiger partial charge is 0.228 e. The predicted molar refractivity (Wildman–Crippen MR) is 107 cm³/mol. The van der Waals surface area contributed by atoms with Gasteiger partial charge in [-0.1, -0.05) is 41.9 Å². The molecule has 0 spiro atoms. The highest BCUT2D eigenvalue weighted by Crippen LogP contribution is 2.26. The van der Waals surface area contributed by atoms with Gasteiger partial charge < -0.3 is 9.80 Å². The van der Waals surface area contributed by atoms with Gasteiger partial charge in [-0.25, -0.2) is 0 Å². The second-order valence-electron chi connectivity index (χ2n) is 6.27. The Bertz CT molecular complexity index is 846. The molecule has 0 saturated carbocycles. The first-order chi connectivity index (χ1) is 12.9. The number of rotatable bonds is 8. The molecule has 0 bridgehead atoms. The molecule has 0 aliphatic rings. The van der Waals surface area contributed by atoms with Crippen molar-refractivity contribution in [1.29, 1.82) is 5.26 Å². The Morgan fingerprint density at radius 2 is 1.78 bits per heavy atom. The number of nitrogens with zero attached hydrogens (tertiary/aromatic N) is 3. The Hall–Kier alpha value is -2.68. The van der Waals surface area contributed by atoms with Gasteiger partial charge in [-0.3, -0.25) is 9.59 Å². The van der Waals surface area contributed by atoms with E-state index < -0.39 is 0 Å². The number of carbonyl (C=O) groups excluding carboxylic acids is 2. The van der Waals surface area contributed by atoms with Crippen LogP contribution in [0, 0.1) is 11.3 Å². The molecule has 1 amide bonds. The van der Waals surface area contributed by atoms with Gasteiger partial charge in [0.15, 0.2) is 5.78 Å². The van der Waals surface area contributed by atoms with Crippen LogP contribution in [0.15, 0.2) is 48.5 Å². The van der Waals surface area contributed by atoms with Gasteiger partial charge >= 0.3 is 0 Å². The summed E-state index contributed by atoms with van der Waals surface area (Å²) < 4.78 is 0. The first-order valence-corrected chi connectivity index (χ1v) is 9.03. The molecule has 6 heteroatoms. The highest BCUT2D eigenvalue weighted by Gasteiger charge is 2.20. The summed E-state index contributed by atoms with van der Waals surface area (Å²) >= 11 is 6.10. The standard InChI is InChI=1S/C21H22ClN3O2/c1-24(13-6-12-23)14-11-20(26)25(2)19-10-9-17(22)15-18(19)21(27)16-7-4-3-5-8-16/h3-5,7-10,15H,6,11,13-14H2,1-2H3. The molecule has 0 saturated heterocycles. The van der Waals surface area contributed by atoms with Gasteiger partial charge in [0.25, 0.3) is 0 Å². The van der Waals surface area contributed by atoms with Crippen LogP contribution in [0.3, 0.4) is 0 Å². The number of carbonyl (C=O) groups is 2. The van der Waals surface area contributed by atoms with Crippen LogP contribution in [0.5, 0.6) is 0 Å². The summed E-state index contributed by atoms with van der Waals surface area (Å²) in [6, 6.07) is 15.9. The van der Waals surface area contributed by atoms with E-state index in [0.29, 0.717) is 47.8 Å². The van der Waals surface area contributed by atoms with E-state index >= 15 is 0 Å². The van der Waals surface area contributed by atoms with E-state index in [1.807, 2.05) is 18.0 Å². The van der Waals surface area contributed by atoms with Gasteiger partial charge in [-0.05, 0) is 25.2 Å². The Morgan fingerprint density at radius 3 is 2.44 bits per heavy atom. The zero-order valence-corrected chi connectivity index (χ0v) is 16.2. The second kappa shape index (κ2) is 9.86. The maximum absolute atomic E-state index is 12.9. The Labute approximate surface area is 164 Å². The Kier molecular flexibility index (Phi) is 7.54. The summed E-state index contributed by atoms with van der Waals surface area (Å²) in [4.78, 5) is 28.9. The fourth-order valence-corrected chi connectivity index (χ4v) is 2.84. The predicted octanol–water partition coefficient (Wildman–Crippen LogP) is 3.77. The van der Waals surface area contributed by atoms with E-state index in [2.05, 4.69) is 6.07 Å². The fraction of sp³-hybridized carbons (Fsp3) is 0.286. The SMILES string of the molecule is CN(CCC#N)CCC(=O)N(C)c1ccc(Cl)cc1C(=O)c1ccccc1. The number of hydrogen-bond acceptors (Lipinski definition) is 4. The summed E-state index contributed by atoms with van der Waals surface area (Å²) in [5, 5.41) is 9.07. The van der Waals surface area contributed by atoms with Crippen molar-refractivity contribution in [3.05, 3.63) is 64.7 Å². The zero-order chi connectivity index (χ0) is 19.8. The van der Waals surface area contributed by atoms with E-state index in [-0.39, 0.29) is 11.7 Å². The average Bonchev–Trinajstić information content (AvgIpc) is 2.69. The lowest BCUT2D eigenvalue weighted by molar-refractivity contribution is -0.118. The summed E-state index contributed by atoms with van der Waals surface area (Å²) in [5.74, 6) is -0.290. The third kappa shape index (κ3) is 5.65. The van der Waals surface area contributed by atoms with Crippen molar-refractivity contribution < 1.29 is 9.59 Å². The molecule has 5 nitrogen and oxygen atoms in total. The highest BCUT2D eigenvalue weighted by atomic mass is 35.5. The summed E-state index contributed by atoms with van der Waals surface area (Å²) in [5.41, 5.74) is 1.46. The molecule has 0 radical (unpaired) electrons. The van der Waals surface area contributed by atoms with Crippen molar-refractivity contribution in [3.8, 4) is 6.07 Å². The Balaban J connectivity index is 2.19. The minimum absolute atomic E-state index is 0.108. The second-order valence-corrected chi connectivity index (χ2v) is 6.71. The largest absolute Gasteiger partial charge is 0.315 e. The van der Waals surface area contributed by atoms with Crippen LogP contribution in [0.25, 0.3) is 0 Å². The molecule has 2 rings (SSSR count). The molecule has 0 aliphatic heterocycles. The maximum Gasteiger partial charge on any atom is 0.228 e. The molecule has 0 aliphatic carbocycles. The van der Waals surface area contributed by atoms with Crippen LogP contribution in [0.1, 0.15) is 28.8 Å². The fourth-order valence-electron chi connectivity index (χ4n) is 2.67. The van der Waals surface area contributed by atoms with Crippen LogP contribution in [-0.4, -0.2) is 43.8 Å². The number of anilines is 1. The molecule has 0 N–H and O–H groups in total. The topological polar surface area (TPSA) is 64.4 Å². The van der Waals surface area contributed by atoms with E-state index in [4.69, 9.17) is 16.9 Å². The number of ketones is 1.